The van der Waals surface area contributed by atoms with Crippen molar-refractivity contribution in [3.05, 3.63) is 23.9 Å². The normalized spacial score (nSPS) is 15.7. The van der Waals surface area contributed by atoms with Gasteiger partial charge in [-0.2, -0.15) is 5.26 Å². The first kappa shape index (κ1) is 14.8. The fourth-order valence-corrected chi connectivity index (χ4v) is 2.38. The fraction of sp³-hybridized carbons (Fsp3) is 0.625. The lowest BCUT2D eigenvalue weighted by molar-refractivity contribution is 0.570. The first-order valence-electron chi connectivity index (χ1n) is 7.59. The molecule has 0 spiro atoms. The third-order valence-electron chi connectivity index (χ3n) is 3.72. The summed E-state index contributed by atoms with van der Waals surface area (Å²) in [5, 5.41) is 12.3. The Bertz CT molecular complexity index is 462. The van der Waals surface area contributed by atoms with E-state index in [1.165, 1.54) is 18.4 Å². The Balaban J connectivity index is 2.08. The van der Waals surface area contributed by atoms with E-state index in [4.69, 9.17) is 5.26 Å². The predicted molar refractivity (Wildman–Crippen MR) is 81.5 cm³/mol. The molecule has 4 heteroatoms. The molecule has 2 rings (SSSR count). The smallest absolute Gasteiger partial charge is 0.129 e. The van der Waals surface area contributed by atoms with Gasteiger partial charge in [0.15, 0.2) is 0 Å². The zero-order chi connectivity index (χ0) is 14.4. The maximum Gasteiger partial charge on any atom is 0.129 e. The van der Waals surface area contributed by atoms with E-state index in [0.29, 0.717) is 18.5 Å². The summed E-state index contributed by atoms with van der Waals surface area (Å²) in [5.74, 6) is 1.02. The van der Waals surface area contributed by atoms with Gasteiger partial charge in [0, 0.05) is 24.8 Å². The van der Waals surface area contributed by atoms with Crippen molar-refractivity contribution in [3.63, 3.8) is 0 Å². The van der Waals surface area contributed by atoms with Gasteiger partial charge in [-0.05, 0) is 50.4 Å². The number of hydrogen-bond donors (Lipinski definition) is 1. The van der Waals surface area contributed by atoms with Crippen molar-refractivity contribution in [2.75, 3.05) is 18.0 Å². The highest BCUT2D eigenvalue weighted by molar-refractivity contribution is 5.44. The van der Waals surface area contributed by atoms with E-state index in [1.807, 2.05) is 6.20 Å². The van der Waals surface area contributed by atoms with E-state index >= 15 is 0 Å². The van der Waals surface area contributed by atoms with Crippen LogP contribution in [0.15, 0.2) is 18.3 Å². The number of aromatic nitrogens is 1. The Morgan fingerprint density at radius 2 is 2.35 bits per heavy atom. The summed E-state index contributed by atoms with van der Waals surface area (Å²) in [6, 6.07) is 7.41. The van der Waals surface area contributed by atoms with Gasteiger partial charge < -0.3 is 10.2 Å². The minimum absolute atomic E-state index is 0.341. The summed E-state index contributed by atoms with van der Waals surface area (Å²) in [7, 11) is 0. The Kier molecular flexibility index (Phi) is 5.37. The highest BCUT2D eigenvalue weighted by Gasteiger charge is 2.29. The van der Waals surface area contributed by atoms with Crippen LogP contribution in [0.25, 0.3) is 0 Å². The molecule has 0 aromatic carbocycles. The van der Waals surface area contributed by atoms with E-state index in [-0.39, 0.29) is 0 Å². The molecule has 1 fully saturated rings. The summed E-state index contributed by atoms with van der Waals surface area (Å²) in [4.78, 5) is 6.80. The molecule has 1 saturated carbocycles. The molecule has 1 aromatic rings. The molecule has 4 nitrogen and oxygen atoms in total. The lowest BCUT2D eigenvalue weighted by atomic mass is 10.1. The second kappa shape index (κ2) is 7.25. The Morgan fingerprint density at radius 1 is 1.55 bits per heavy atom. The van der Waals surface area contributed by atoms with E-state index in [2.05, 4.69) is 47.3 Å². The van der Waals surface area contributed by atoms with Crippen molar-refractivity contribution in [3.8, 4) is 6.07 Å². The molecule has 0 radical (unpaired) electrons. The molecule has 0 saturated heterocycles. The van der Waals surface area contributed by atoms with Gasteiger partial charge in [-0.3, -0.25) is 0 Å². The van der Waals surface area contributed by atoms with Crippen molar-refractivity contribution in [1.82, 2.24) is 10.3 Å². The average Bonchev–Trinajstić information content (AvgIpc) is 3.30. The van der Waals surface area contributed by atoms with Crippen LogP contribution >= 0.6 is 0 Å². The second-order valence-electron chi connectivity index (χ2n) is 5.46. The SMILES string of the molecule is CCCNC(C)c1ccnc(N(CCC#N)C2CC2)c1. The molecule has 1 unspecified atom stereocenters. The highest BCUT2D eigenvalue weighted by Crippen LogP contribution is 2.31. The molecule has 0 amide bonds. The van der Waals surface area contributed by atoms with Crippen LogP contribution in [0.5, 0.6) is 0 Å². The standard InChI is InChI=1S/C16H24N4/c1-3-9-18-13(2)14-7-10-19-16(12-14)20(11-4-8-17)15-5-6-15/h7,10,12-13,15,18H,3-6,9,11H2,1-2H3. The maximum atomic E-state index is 8.80. The van der Waals surface area contributed by atoms with Gasteiger partial charge in [0.25, 0.3) is 0 Å². The zero-order valence-electron chi connectivity index (χ0n) is 12.5. The molecular formula is C16H24N4. The Labute approximate surface area is 121 Å². The van der Waals surface area contributed by atoms with E-state index < -0.39 is 0 Å². The van der Waals surface area contributed by atoms with Crippen LogP contribution < -0.4 is 10.2 Å². The molecule has 108 valence electrons. The van der Waals surface area contributed by atoms with Crippen LogP contribution in [0.3, 0.4) is 0 Å². The van der Waals surface area contributed by atoms with Crippen molar-refractivity contribution in [2.24, 2.45) is 0 Å². The predicted octanol–water partition coefficient (Wildman–Crippen LogP) is 3.02. The summed E-state index contributed by atoms with van der Waals surface area (Å²) in [5.41, 5.74) is 1.27. The monoisotopic (exact) mass is 272 g/mol. The van der Waals surface area contributed by atoms with Crippen molar-refractivity contribution < 1.29 is 0 Å². The number of anilines is 1. The molecule has 0 aliphatic heterocycles. The number of nitrogens with zero attached hydrogens (tertiary/aromatic N) is 3. The van der Waals surface area contributed by atoms with Crippen molar-refractivity contribution >= 4 is 5.82 Å². The number of nitriles is 1. The summed E-state index contributed by atoms with van der Waals surface area (Å²) in [6.07, 6.45) is 6.03. The third-order valence-corrected chi connectivity index (χ3v) is 3.72. The maximum absolute atomic E-state index is 8.80. The van der Waals surface area contributed by atoms with Gasteiger partial charge in [-0.1, -0.05) is 6.92 Å². The van der Waals surface area contributed by atoms with Gasteiger partial charge in [-0.15, -0.1) is 0 Å². The molecule has 1 atom stereocenters. The third kappa shape index (κ3) is 3.94. The van der Waals surface area contributed by atoms with Crippen LogP contribution in [0, 0.1) is 11.3 Å². The number of rotatable bonds is 8. The van der Waals surface area contributed by atoms with Crippen molar-refractivity contribution in [2.45, 2.75) is 51.6 Å². The van der Waals surface area contributed by atoms with Crippen LogP contribution in [-0.2, 0) is 0 Å². The quantitative estimate of drug-likeness (QED) is 0.790. The fourth-order valence-electron chi connectivity index (χ4n) is 2.38. The minimum Gasteiger partial charge on any atom is -0.353 e. The zero-order valence-corrected chi connectivity index (χ0v) is 12.5. The second-order valence-corrected chi connectivity index (χ2v) is 5.46. The highest BCUT2D eigenvalue weighted by atomic mass is 15.2. The van der Waals surface area contributed by atoms with E-state index in [0.717, 1.165) is 25.3 Å². The van der Waals surface area contributed by atoms with Gasteiger partial charge >= 0.3 is 0 Å². The van der Waals surface area contributed by atoms with E-state index in [1.54, 1.807) is 0 Å². The lowest BCUT2D eigenvalue weighted by Crippen LogP contribution is -2.28. The van der Waals surface area contributed by atoms with Gasteiger partial charge in [-0.25, -0.2) is 4.98 Å². The lowest BCUT2D eigenvalue weighted by Gasteiger charge is -2.23. The molecule has 1 heterocycles. The topological polar surface area (TPSA) is 52.0 Å². The Morgan fingerprint density at radius 3 is 3.00 bits per heavy atom. The van der Waals surface area contributed by atoms with Crippen LogP contribution in [0.1, 0.15) is 51.1 Å². The molecule has 1 aliphatic rings. The largest absolute Gasteiger partial charge is 0.353 e. The Hall–Kier alpha value is -1.60. The number of pyridine rings is 1. The number of hydrogen-bond acceptors (Lipinski definition) is 4. The number of nitrogens with one attached hydrogen (secondary N) is 1. The first-order chi connectivity index (χ1) is 9.76. The molecule has 20 heavy (non-hydrogen) atoms. The van der Waals surface area contributed by atoms with Crippen LogP contribution in [0.4, 0.5) is 5.82 Å². The summed E-state index contributed by atoms with van der Waals surface area (Å²) >= 11 is 0. The van der Waals surface area contributed by atoms with Crippen LogP contribution in [-0.4, -0.2) is 24.1 Å². The van der Waals surface area contributed by atoms with E-state index in [9.17, 15) is 0 Å². The van der Waals surface area contributed by atoms with Gasteiger partial charge in [0.1, 0.15) is 5.82 Å². The van der Waals surface area contributed by atoms with Crippen LogP contribution in [0.2, 0.25) is 0 Å². The molecule has 1 aliphatic carbocycles. The average molecular weight is 272 g/mol. The first-order valence-corrected chi connectivity index (χ1v) is 7.59. The molecule has 0 bridgehead atoms. The minimum atomic E-state index is 0.341. The summed E-state index contributed by atoms with van der Waals surface area (Å²) < 4.78 is 0. The molecule has 1 N–H and O–H groups in total. The van der Waals surface area contributed by atoms with Gasteiger partial charge in [0.05, 0.1) is 12.5 Å². The summed E-state index contributed by atoms with van der Waals surface area (Å²) in [6.45, 7) is 6.17. The molecule has 1 aromatic heterocycles. The van der Waals surface area contributed by atoms with Crippen molar-refractivity contribution in [1.29, 1.82) is 5.26 Å². The van der Waals surface area contributed by atoms with Gasteiger partial charge in [0.2, 0.25) is 0 Å². The molecular weight excluding hydrogens is 248 g/mol.